The number of carbonyl (C=O) groups excluding carboxylic acids is 2. The molecule has 0 spiro atoms. The molecule has 2 aliphatic heterocycles. The third kappa shape index (κ3) is 4.35. The van der Waals surface area contributed by atoms with Crippen molar-refractivity contribution in [2.24, 2.45) is 5.92 Å². The van der Waals surface area contributed by atoms with Gasteiger partial charge in [-0.25, -0.2) is 0 Å². The predicted octanol–water partition coefficient (Wildman–Crippen LogP) is 2.72. The van der Waals surface area contributed by atoms with Gasteiger partial charge in [0.1, 0.15) is 11.4 Å². The number of carbonyl (C=O) groups is 2. The average molecular weight is 421 g/mol. The van der Waals surface area contributed by atoms with Gasteiger partial charge in [-0.15, -0.1) is 0 Å². The summed E-state index contributed by atoms with van der Waals surface area (Å²) < 4.78 is 5.24. The molecule has 2 aliphatic rings. The van der Waals surface area contributed by atoms with Crippen LogP contribution in [-0.4, -0.2) is 60.1 Å². The number of likely N-dealkylation sites (tertiary alicyclic amines) is 1. The molecule has 0 aromatic heterocycles. The third-order valence-corrected chi connectivity index (χ3v) is 6.08. The molecule has 1 atom stereocenters. The molecular weight excluding hydrogens is 392 g/mol. The van der Waals surface area contributed by atoms with Crippen molar-refractivity contribution < 1.29 is 19.4 Å². The van der Waals surface area contributed by atoms with E-state index in [2.05, 4.69) is 0 Å². The van der Waals surface area contributed by atoms with Gasteiger partial charge in [-0.1, -0.05) is 42.5 Å². The van der Waals surface area contributed by atoms with Gasteiger partial charge in [0.15, 0.2) is 0 Å². The molecule has 4 rings (SSSR count). The predicted molar refractivity (Wildman–Crippen MR) is 118 cm³/mol. The molecule has 6 heteroatoms. The fraction of sp³-hybridized carbons (Fsp3) is 0.360. The smallest absolute Gasteiger partial charge is 0.277 e. The lowest BCUT2D eigenvalue weighted by atomic mass is 9.97. The van der Waals surface area contributed by atoms with Crippen LogP contribution < -0.4 is 4.74 Å². The number of ether oxygens (including phenoxy) is 1. The topological polar surface area (TPSA) is 70.1 Å². The van der Waals surface area contributed by atoms with Crippen molar-refractivity contribution in [3.63, 3.8) is 0 Å². The maximum Gasteiger partial charge on any atom is 0.277 e. The number of nitrogens with zero attached hydrogens (tertiary/aromatic N) is 2. The molecule has 0 saturated carbocycles. The summed E-state index contributed by atoms with van der Waals surface area (Å²) in [6.45, 7) is 1.71. The van der Waals surface area contributed by atoms with Gasteiger partial charge in [0.25, 0.3) is 11.8 Å². The molecule has 2 aromatic rings. The second-order valence-electron chi connectivity index (χ2n) is 8.09. The largest absolute Gasteiger partial charge is 0.497 e. The van der Waals surface area contributed by atoms with Crippen molar-refractivity contribution in [1.29, 1.82) is 0 Å². The molecule has 162 valence electrons. The molecule has 1 saturated heterocycles. The molecule has 1 N–H and O–H groups in total. The first-order chi connectivity index (χ1) is 15.1. The number of benzene rings is 2. The van der Waals surface area contributed by atoms with Crippen molar-refractivity contribution in [3.8, 4) is 5.75 Å². The van der Waals surface area contributed by atoms with Crippen LogP contribution in [-0.2, 0) is 16.0 Å². The van der Waals surface area contributed by atoms with Gasteiger partial charge in [-0.3, -0.25) is 14.5 Å². The highest BCUT2D eigenvalue weighted by Crippen LogP contribution is 2.34. The Labute approximate surface area is 182 Å². The van der Waals surface area contributed by atoms with E-state index in [-0.39, 0.29) is 24.3 Å². The molecule has 2 heterocycles. The second kappa shape index (κ2) is 9.35. The third-order valence-electron chi connectivity index (χ3n) is 6.08. The van der Waals surface area contributed by atoms with E-state index < -0.39 is 0 Å². The average Bonchev–Trinajstić information content (AvgIpc) is 3.07. The number of imide groups is 1. The number of aliphatic hydroxyl groups is 1. The zero-order chi connectivity index (χ0) is 21.8. The van der Waals surface area contributed by atoms with Crippen LogP contribution in [0.15, 0.2) is 60.3 Å². The Kier molecular flexibility index (Phi) is 6.37. The van der Waals surface area contributed by atoms with Crippen LogP contribution in [0.3, 0.4) is 0 Å². The van der Waals surface area contributed by atoms with Gasteiger partial charge in [-0.05, 0) is 48.4 Å². The lowest BCUT2D eigenvalue weighted by molar-refractivity contribution is -0.137. The summed E-state index contributed by atoms with van der Waals surface area (Å²) in [5.74, 6) is 0.305. The number of rotatable bonds is 7. The summed E-state index contributed by atoms with van der Waals surface area (Å²) >= 11 is 0. The van der Waals surface area contributed by atoms with E-state index in [1.807, 2.05) is 47.4 Å². The highest BCUT2D eigenvalue weighted by molar-refractivity contribution is 6.35. The Balaban J connectivity index is 1.66. The maximum absolute atomic E-state index is 13.5. The van der Waals surface area contributed by atoms with Gasteiger partial charge < -0.3 is 14.7 Å². The van der Waals surface area contributed by atoms with Crippen LogP contribution in [0, 0.1) is 5.92 Å². The Morgan fingerprint density at radius 3 is 2.45 bits per heavy atom. The highest BCUT2D eigenvalue weighted by Gasteiger charge is 2.42. The second-order valence-corrected chi connectivity index (χ2v) is 8.09. The van der Waals surface area contributed by atoms with Gasteiger partial charge in [0.2, 0.25) is 0 Å². The SMILES string of the molecule is COc1ccc(C2=C(N3CCCC(CO)C3)C(=O)N(CCc3ccccc3)C2=O)cc1. The fourth-order valence-electron chi connectivity index (χ4n) is 4.38. The maximum atomic E-state index is 13.5. The lowest BCUT2D eigenvalue weighted by Gasteiger charge is -2.34. The Hall–Kier alpha value is -3.12. The summed E-state index contributed by atoms with van der Waals surface area (Å²) in [6.07, 6.45) is 2.43. The quantitative estimate of drug-likeness (QED) is 0.698. The minimum absolute atomic E-state index is 0.0848. The first-order valence-electron chi connectivity index (χ1n) is 10.8. The molecule has 6 nitrogen and oxygen atoms in total. The van der Waals surface area contributed by atoms with Gasteiger partial charge in [0.05, 0.1) is 12.7 Å². The number of piperidine rings is 1. The normalized spacial score (nSPS) is 19.4. The van der Waals surface area contributed by atoms with Crippen LogP contribution in [0.5, 0.6) is 5.75 Å². The van der Waals surface area contributed by atoms with Crippen LogP contribution in [0.4, 0.5) is 0 Å². The summed E-state index contributed by atoms with van der Waals surface area (Å²) in [4.78, 5) is 30.3. The van der Waals surface area contributed by atoms with Gasteiger partial charge in [0, 0.05) is 26.2 Å². The number of hydrogen-bond donors (Lipinski definition) is 1. The lowest BCUT2D eigenvalue weighted by Crippen LogP contribution is -2.41. The first kappa shape index (κ1) is 21.1. The molecule has 0 bridgehead atoms. The van der Waals surface area contributed by atoms with Crippen LogP contribution in [0.25, 0.3) is 5.57 Å². The minimum atomic E-state index is -0.257. The summed E-state index contributed by atoms with van der Waals surface area (Å²) in [7, 11) is 1.60. The zero-order valence-corrected chi connectivity index (χ0v) is 17.8. The van der Waals surface area contributed by atoms with E-state index in [1.165, 1.54) is 4.90 Å². The molecule has 1 fully saturated rings. The summed E-state index contributed by atoms with van der Waals surface area (Å²) in [6, 6.07) is 17.1. The monoisotopic (exact) mass is 420 g/mol. The van der Waals surface area contributed by atoms with Crippen molar-refractivity contribution in [1.82, 2.24) is 9.80 Å². The minimum Gasteiger partial charge on any atom is -0.497 e. The van der Waals surface area contributed by atoms with E-state index in [0.29, 0.717) is 48.6 Å². The van der Waals surface area contributed by atoms with Crippen LogP contribution in [0.1, 0.15) is 24.0 Å². The van der Waals surface area contributed by atoms with E-state index >= 15 is 0 Å². The zero-order valence-electron chi connectivity index (χ0n) is 17.8. The molecule has 0 radical (unpaired) electrons. The molecule has 2 aromatic carbocycles. The van der Waals surface area contributed by atoms with E-state index in [1.54, 1.807) is 19.2 Å². The Morgan fingerprint density at radius 1 is 1.03 bits per heavy atom. The van der Waals surface area contributed by atoms with Crippen LogP contribution >= 0.6 is 0 Å². The number of hydrogen-bond acceptors (Lipinski definition) is 5. The standard InChI is InChI=1S/C25H28N2O4/c1-31-21-11-9-20(10-12-21)22-23(26-14-5-8-19(16-26)17-28)25(30)27(24(22)29)15-13-18-6-3-2-4-7-18/h2-4,6-7,9-12,19,28H,5,8,13-17H2,1H3. The first-order valence-corrected chi connectivity index (χ1v) is 10.8. The number of aliphatic hydroxyl groups excluding tert-OH is 1. The molecule has 0 aliphatic carbocycles. The van der Waals surface area contributed by atoms with Crippen LogP contribution in [0.2, 0.25) is 0 Å². The molecule has 1 unspecified atom stereocenters. The molecular formula is C25H28N2O4. The van der Waals surface area contributed by atoms with E-state index in [9.17, 15) is 14.7 Å². The van der Waals surface area contributed by atoms with Gasteiger partial charge in [-0.2, -0.15) is 0 Å². The van der Waals surface area contributed by atoms with Crippen molar-refractivity contribution in [2.75, 3.05) is 33.4 Å². The molecule has 31 heavy (non-hydrogen) atoms. The number of amides is 2. The Bertz CT molecular complexity index is 969. The highest BCUT2D eigenvalue weighted by atomic mass is 16.5. The Morgan fingerprint density at radius 2 is 1.77 bits per heavy atom. The fourth-order valence-corrected chi connectivity index (χ4v) is 4.38. The molecule has 2 amide bonds. The van der Waals surface area contributed by atoms with Gasteiger partial charge >= 0.3 is 0 Å². The van der Waals surface area contributed by atoms with Crippen molar-refractivity contribution in [2.45, 2.75) is 19.3 Å². The van der Waals surface area contributed by atoms with Crippen molar-refractivity contribution in [3.05, 3.63) is 71.4 Å². The van der Waals surface area contributed by atoms with E-state index in [4.69, 9.17) is 4.74 Å². The summed E-state index contributed by atoms with van der Waals surface area (Å²) in [5.41, 5.74) is 2.70. The van der Waals surface area contributed by atoms with E-state index in [0.717, 1.165) is 18.4 Å². The number of methoxy groups -OCH3 is 1. The van der Waals surface area contributed by atoms with Crippen molar-refractivity contribution >= 4 is 17.4 Å². The summed E-state index contributed by atoms with van der Waals surface area (Å²) in [5, 5.41) is 9.65.